The molecule has 0 aliphatic rings. The van der Waals surface area contributed by atoms with E-state index in [4.69, 9.17) is 11.6 Å². The zero-order chi connectivity index (χ0) is 15.9. The van der Waals surface area contributed by atoms with Crippen LogP contribution in [0.15, 0.2) is 42.6 Å². The van der Waals surface area contributed by atoms with Crippen LogP contribution in [0.5, 0.6) is 0 Å². The van der Waals surface area contributed by atoms with Gasteiger partial charge in [0.1, 0.15) is 23.0 Å². The van der Waals surface area contributed by atoms with Crippen LogP contribution in [0.1, 0.15) is 20.8 Å². The number of hydrogen-bond acceptors (Lipinski definition) is 2. The normalized spacial score (nSPS) is 11.9. The number of hydrogen-bond donors (Lipinski definition) is 1. The van der Waals surface area contributed by atoms with Crippen molar-refractivity contribution in [3.8, 4) is 11.3 Å². The highest BCUT2D eigenvalue weighted by atomic mass is 35.5. The topological polar surface area (TPSA) is 29.3 Å². The van der Waals surface area contributed by atoms with E-state index in [1.54, 1.807) is 30.5 Å². The number of rotatable bonds is 2. The zero-order valence-corrected chi connectivity index (χ0v) is 13.4. The standard InChI is InChI=1S/C17H17ClFN3/c1-17(2,3)21-16-15(12-6-4-5-7-13(12)19)20-14-9-8-11(18)10-22(14)16/h4-10,21H,1-3H3. The Morgan fingerprint density at radius 3 is 2.55 bits per heavy atom. The molecule has 1 aromatic carbocycles. The van der Waals surface area contributed by atoms with Gasteiger partial charge in [-0.2, -0.15) is 0 Å². The number of nitrogens with zero attached hydrogens (tertiary/aromatic N) is 2. The van der Waals surface area contributed by atoms with Gasteiger partial charge in [-0.15, -0.1) is 0 Å². The summed E-state index contributed by atoms with van der Waals surface area (Å²) in [7, 11) is 0. The predicted molar refractivity (Wildman–Crippen MR) is 89.0 cm³/mol. The summed E-state index contributed by atoms with van der Waals surface area (Å²) in [5.41, 5.74) is 1.57. The highest BCUT2D eigenvalue weighted by molar-refractivity contribution is 6.30. The Morgan fingerprint density at radius 2 is 1.86 bits per heavy atom. The molecule has 1 N–H and O–H groups in total. The van der Waals surface area contributed by atoms with Gasteiger partial charge in [-0.25, -0.2) is 9.37 Å². The summed E-state index contributed by atoms with van der Waals surface area (Å²) in [4.78, 5) is 4.57. The van der Waals surface area contributed by atoms with Crippen molar-refractivity contribution in [2.75, 3.05) is 5.32 Å². The SMILES string of the molecule is CC(C)(C)Nc1c(-c2ccccc2F)nc2ccc(Cl)cn12. The van der Waals surface area contributed by atoms with Crippen molar-refractivity contribution in [1.82, 2.24) is 9.38 Å². The van der Waals surface area contributed by atoms with E-state index in [2.05, 4.69) is 10.3 Å². The van der Waals surface area contributed by atoms with Crippen LogP contribution in [0, 0.1) is 5.82 Å². The Bertz CT molecular complexity index is 834. The van der Waals surface area contributed by atoms with Crippen molar-refractivity contribution in [3.63, 3.8) is 0 Å². The molecular formula is C17H17ClFN3. The van der Waals surface area contributed by atoms with Crippen LogP contribution in [0.25, 0.3) is 16.9 Å². The lowest BCUT2D eigenvalue weighted by atomic mass is 10.1. The summed E-state index contributed by atoms with van der Waals surface area (Å²) in [6.45, 7) is 6.13. The Hall–Kier alpha value is -2.07. The Balaban J connectivity index is 2.29. The molecule has 3 rings (SSSR count). The van der Waals surface area contributed by atoms with Crippen molar-refractivity contribution < 1.29 is 4.39 Å². The molecule has 114 valence electrons. The van der Waals surface area contributed by atoms with Crippen molar-refractivity contribution in [2.45, 2.75) is 26.3 Å². The molecule has 5 heteroatoms. The molecule has 3 nitrogen and oxygen atoms in total. The lowest BCUT2D eigenvalue weighted by molar-refractivity contribution is 0.625. The minimum atomic E-state index is -0.297. The summed E-state index contributed by atoms with van der Waals surface area (Å²) in [5.74, 6) is 0.434. The predicted octanol–water partition coefficient (Wildman–Crippen LogP) is 5.00. The second kappa shape index (κ2) is 5.29. The van der Waals surface area contributed by atoms with Crippen LogP contribution in [-0.4, -0.2) is 14.9 Å². The highest BCUT2D eigenvalue weighted by Crippen LogP contribution is 2.32. The maximum absolute atomic E-state index is 14.2. The van der Waals surface area contributed by atoms with Crippen LogP contribution in [0.3, 0.4) is 0 Å². The molecule has 0 aliphatic heterocycles. The van der Waals surface area contributed by atoms with E-state index in [1.807, 2.05) is 31.2 Å². The van der Waals surface area contributed by atoms with Gasteiger partial charge in [-0.3, -0.25) is 4.40 Å². The van der Waals surface area contributed by atoms with Crippen LogP contribution >= 0.6 is 11.6 Å². The van der Waals surface area contributed by atoms with Gasteiger partial charge in [0.05, 0.1) is 5.02 Å². The van der Waals surface area contributed by atoms with Crippen LogP contribution in [-0.2, 0) is 0 Å². The Labute approximate surface area is 133 Å². The number of aromatic nitrogens is 2. The minimum absolute atomic E-state index is 0.196. The van der Waals surface area contributed by atoms with Gasteiger partial charge in [-0.1, -0.05) is 23.7 Å². The first-order valence-electron chi connectivity index (χ1n) is 7.06. The lowest BCUT2D eigenvalue weighted by Crippen LogP contribution is -2.27. The monoisotopic (exact) mass is 317 g/mol. The largest absolute Gasteiger partial charge is 0.365 e. The Kier molecular flexibility index (Phi) is 3.57. The molecule has 22 heavy (non-hydrogen) atoms. The number of benzene rings is 1. The number of halogens is 2. The van der Waals surface area contributed by atoms with Gasteiger partial charge >= 0.3 is 0 Å². The number of nitrogens with one attached hydrogen (secondary N) is 1. The average Bonchev–Trinajstić information content (AvgIpc) is 2.76. The van der Waals surface area contributed by atoms with Crippen molar-refractivity contribution in [2.24, 2.45) is 0 Å². The van der Waals surface area contributed by atoms with Gasteiger partial charge in [-0.05, 0) is 45.0 Å². The molecule has 0 unspecified atom stereocenters. The fourth-order valence-corrected chi connectivity index (χ4v) is 2.50. The second-order valence-corrected chi connectivity index (χ2v) is 6.68. The first kappa shape index (κ1) is 14.9. The second-order valence-electron chi connectivity index (χ2n) is 6.24. The molecule has 2 aromatic heterocycles. The van der Waals surface area contributed by atoms with Crippen LogP contribution in [0.4, 0.5) is 10.2 Å². The van der Waals surface area contributed by atoms with Gasteiger partial charge < -0.3 is 5.32 Å². The van der Waals surface area contributed by atoms with Gasteiger partial charge in [0.15, 0.2) is 0 Å². The van der Waals surface area contributed by atoms with Gasteiger partial charge in [0, 0.05) is 17.3 Å². The maximum atomic E-state index is 14.2. The summed E-state index contributed by atoms with van der Waals surface area (Å²) >= 11 is 6.10. The minimum Gasteiger partial charge on any atom is -0.365 e. The van der Waals surface area contributed by atoms with E-state index < -0.39 is 0 Å². The zero-order valence-electron chi connectivity index (χ0n) is 12.7. The fraction of sp³-hybridized carbons (Fsp3) is 0.235. The molecular weight excluding hydrogens is 301 g/mol. The molecule has 3 aromatic rings. The Morgan fingerprint density at radius 1 is 1.14 bits per heavy atom. The third kappa shape index (κ3) is 2.79. The summed E-state index contributed by atoms with van der Waals surface area (Å²) < 4.78 is 16.0. The summed E-state index contributed by atoms with van der Waals surface area (Å²) in [6.07, 6.45) is 1.78. The molecule has 0 aliphatic carbocycles. The maximum Gasteiger partial charge on any atom is 0.139 e. The van der Waals surface area contributed by atoms with Gasteiger partial charge in [0.25, 0.3) is 0 Å². The molecule has 2 heterocycles. The first-order chi connectivity index (χ1) is 10.3. The molecule has 0 radical (unpaired) electrons. The van der Waals surface area contributed by atoms with E-state index in [-0.39, 0.29) is 11.4 Å². The summed E-state index contributed by atoms with van der Waals surface area (Å²) in [6, 6.07) is 10.2. The summed E-state index contributed by atoms with van der Waals surface area (Å²) in [5, 5.41) is 4.00. The van der Waals surface area contributed by atoms with Crippen molar-refractivity contribution in [1.29, 1.82) is 0 Å². The first-order valence-corrected chi connectivity index (χ1v) is 7.44. The fourth-order valence-electron chi connectivity index (χ4n) is 2.33. The quantitative estimate of drug-likeness (QED) is 0.720. The van der Waals surface area contributed by atoms with Crippen molar-refractivity contribution >= 4 is 23.1 Å². The van der Waals surface area contributed by atoms with Gasteiger partial charge in [0.2, 0.25) is 0 Å². The average molecular weight is 318 g/mol. The molecule has 0 saturated carbocycles. The third-order valence-corrected chi connectivity index (χ3v) is 3.43. The molecule has 0 bridgehead atoms. The lowest BCUT2D eigenvalue weighted by Gasteiger charge is -2.22. The highest BCUT2D eigenvalue weighted by Gasteiger charge is 2.21. The van der Waals surface area contributed by atoms with Crippen molar-refractivity contribution in [3.05, 3.63) is 53.4 Å². The van der Waals surface area contributed by atoms with E-state index in [0.29, 0.717) is 16.3 Å². The van der Waals surface area contributed by atoms with E-state index in [9.17, 15) is 4.39 Å². The van der Waals surface area contributed by atoms with E-state index in [1.165, 1.54) is 6.07 Å². The molecule has 0 fully saturated rings. The number of pyridine rings is 1. The van der Waals surface area contributed by atoms with E-state index in [0.717, 1.165) is 11.5 Å². The van der Waals surface area contributed by atoms with Crippen LogP contribution in [0.2, 0.25) is 5.02 Å². The molecule has 0 saturated heterocycles. The number of imidazole rings is 1. The third-order valence-electron chi connectivity index (χ3n) is 3.20. The number of fused-ring (bicyclic) bond motifs is 1. The van der Waals surface area contributed by atoms with E-state index >= 15 is 0 Å². The molecule has 0 atom stereocenters. The smallest absolute Gasteiger partial charge is 0.139 e. The number of anilines is 1. The molecule has 0 spiro atoms. The molecule has 0 amide bonds. The van der Waals surface area contributed by atoms with Crippen LogP contribution < -0.4 is 5.32 Å².